The molecule has 2 aromatic rings. The molecule has 0 radical (unpaired) electrons. The molecule has 0 bridgehead atoms. The first-order valence-corrected chi connectivity index (χ1v) is 5.73. The van der Waals surface area contributed by atoms with Crippen LogP contribution in [0.3, 0.4) is 0 Å². The zero-order valence-electron chi connectivity index (χ0n) is 9.57. The van der Waals surface area contributed by atoms with E-state index in [4.69, 9.17) is 17.3 Å². The van der Waals surface area contributed by atoms with Crippen molar-refractivity contribution < 1.29 is 0 Å². The molecule has 0 spiro atoms. The van der Waals surface area contributed by atoms with E-state index in [1.165, 1.54) is 5.56 Å². The fourth-order valence-electron chi connectivity index (χ4n) is 1.55. The fraction of sp³-hybridized carbons (Fsp3) is 0.154. The van der Waals surface area contributed by atoms with Gasteiger partial charge in [0.15, 0.2) is 0 Å². The molecule has 0 aliphatic rings. The van der Waals surface area contributed by atoms with Crippen molar-refractivity contribution in [2.24, 2.45) is 0 Å². The van der Waals surface area contributed by atoms with Gasteiger partial charge in [-0.3, -0.25) is 4.98 Å². The van der Waals surface area contributed by atoms with Crippen molar-refractivity contribution in [2.45, 2.75) is 13.5 Å². The Balaban J connectivity index is 2.12. The van der Waals surface area contributed by atoms with Crippen LogP contribution in [0.5, 0.6) is 0 Å². The van der Waals surface area contributed by atoms with E-state index < -0.39 is 0 Å². The monoisotopic (exact) mass is 247 g/mol. The van der Waals surface area contributed by atoms with Crippen molar-refractivity contribution in [1.29, 1.82) is 0 Å². The van der Waals surface area contributed by atoms with Crippen LogP contribution in [0, 0.1) is 6.92 Å². The van der Waals surface area contributed by atoms with Crippen molar-refractivity contribution in [3.63, 3.8) is 0 Å². The number of nitrogens with one attached hydrogen (secondary N) is 1. The maximum atomic E-state index is 5.92. The molecule has 1 aromatic carbocycles. The lowest BCUT2D eigenvalue weighted by Gasteiger charge is -2.11. The molecule has 2 rings (SSSR count). The minimum Gasteiger partial charge on any atom is -0.397 e. The number of aryl methyl sites for hydroxylation is 1. The number of benzene rings is 1. The molecule has 1 heterocycles. The Labute approximate surface area is 106 Å². The standard InChI is InChI=1S/C13H14ClN3/c1-9-4-5-16-7-10(9)8-17-13-6-11(14)2-3-12(13)15/h2-7,17H,8,15H2,1H3. The molecular weight excluding hydrogens is 234 g/mol. The summed E-state index contributed by atoms with van der Waals surface area (Å²) in [5.41, 5.74) is 9.74. The number of rotatable bonds is 3. The highest BCUT2D eigenvalue weighted by Gasteiger charge is 2.01. The third-order valence-electron chi connectivity index (χ3n) is 2.63. The first-order chi connectivity index (χ1) is 8.16. The number of halogens is 1. The van der Waals surface area contributed by atoms with Crippen LogP contribution >= 0.6 is 11.6 Å². The molecular formula is C13H14ClN3. The van der Waals surface area contributed by atoms with Gasteiger partial charge in [0, 0.05) is 24.0 Å². The van der Waals surface area contributed by atoms with Gasteiger partial charge in [-0.1, -0.05) is 11.6 Å². The summed E-state index contributed by atoms with van der Waals surface area (Å²) in [7, 11) is 0. The fourth-order valence-corrected chi connectivity index (χ4v) is 1.73. The third-order valence-corrected chi connectivity index (χ3v) is 2.87. The summed E-state index contributed by atoms with van der Waals surface area (Å²) < 4.78 is 0. The lowest BCUT2D eigenvalue weighted by molar-refractivity contribution is 1.08. The Bertz CT molecular complexity index is 526. The van der Waals surface area contributed by atoms with Gasteiger partial charge in [-0.05, 0) is 42.3 Å². The van der Waals surface area contributed by atoms with Crippen molar-refractivity contribution in [1.82, 2.24) is 4.98 Å². The van der Waals surface area contributed by atoms with E-state index in [1.54, 1.807) is 18.3 Å². The van der Waals surface area contributed by atoms with Crippen LogP contribution < -0.4 is 11.1 Å². The maximum Gasteiger partial charge on any atom is 0.0591 e. The lowest BCUT2D eigenvalue weighted by atomic mass is 10.1. The molecule has 0 unspecified atom stereocenters. The number of nitrogen functional groups attached to an aromatic ring is 1. The van der Waals surface area contributed by atoms with Gasteiger partial charge in [-0.15, -0.1) is 0 Å². The maximum absolute atomic E-state index is 5.92. The molecule has 3 N–H and O–H groups in total. The van der Waals surface area contributed by atoms with Crippen LogP contribution in [0.4, 0.5) is 11.4 Å². The molecule has 0 atom stereocenters. The average Bonchev–Trinajstić information content (AvgIpc) is 2.32. The number of anilines is 2. The molecule has 17 heavy (non-hydrogen) atoms. The van der Waals surface area contributed by atoms with Gasteiger partial charge in [0.2, 0.25) is 0 Å². The van der Waals surface area contributed by atoms with E-state index in [0.717, 1.165) is 11.3 Å². The molecule has 0 saturated carbocycles. The Hall–Kier alpha value is -1.74. The highest BCUT2D eigenvalue weighted by atomic mass is 35.5. The zero-order chi connectivity index (χ0) is 12.3. The molecule has 4 heteroatoms. The Morgan fingerprint density at radius 1 is 1.35 bits per heavy atom. The van der Waals surface area contributed by atoms with Crippen LogP contribution in [-0.4, -0.2) is 4.98 Å². The van der Waals surface area contributed by atoms with Crippen LogP contribution in [0.15, 0.2) is 36.7 Å². The Kier molecular flexibility index (Phi) is 3.49. The van der Waals surface area contributed by atoms with Crippen molar-refractivity contribution in [3.8, 4) is 0 Å². The molecule has 88 valence electrons. The van der Waals surface area contributed by atoms with Crippen molar-refractivity contribution >= 4 is 23.0 Å². The molecule has 0 saturated heterocycles. The predicted molar refractivity (Wildman–Crippen MR) is 72.2 cm³/mol. The van der Waals surface area contributed by atoms with E-state index in [2.05, 4.69) is 17.2 Å². The quantitative estimate of drug-likeness (QED) is 0.819. The number of nitrogens with two attached hydrogens (primary N) is 1. The average molecular weight is 248 g/mol. The minimum atomic E-state index is 0.671. The van der Waals surface area contributed by atoms with Gasteiger partial charge >= 0.3 is 0 Å². The van der Waals surface area contributed by atoms with E-state index in [0.29, 0.717) is 17.3 Å². The minimum absolute atomic E-state index is 0.671. The van der Waals surface area contributed by atoms with Gasteiger partial charge in [-0.25, -0.2) is 0 Å². The molecule has 0 amide bonds. The summed E-state index contributed by atoms with van der Waals surface area (Å²) >= 11 is 5.92. The van der Waals surface area contributed by atoms with Crippen molar-refractivity contribution in [3.05, 3.63) is 52.8 Å². The number of hydrogen-bond acceptors (Lipinski definition) is 3. The molecule has 0 aliphatic heterocycles. The van der Waals surface area contributed by atoms with E-state index in [1.807, 2.05) is 18.3 Å². The summed E-state index contributed by atoms with van der Waals surface area (Å²) in [6.45, 7) is 2.74. The second-order valence-electron chi connectivity index (χ2n) is 3.89. The smallest absolute Gasteiger partial charge is 0.0591 e. The number of hydrogen-bond donors (Lipinski definition) is 2. The van der Waals surface area contributed by atoms with Crippen LogP contribution in [0.2, 0.25) is 5.02 Å². The summed E-state index contributed by atoms with van der Waals surface area (Å²) in [6, 6.07) is 7.37. The zero-order valence-corrected chi connectivity index (χ0v) is 10.3. The first kappa shape index (κ1) is 11.7. The Morgan fingerprint density at radius 2 is 2.18 bits per heavy atom. The topological polar surface area (TPSA) is 50.9 Å². The third kappa shape index (κ3) is 2.88. The van der Waals surface area contributed by atoms with Crippen LogP contribution in [-0.2, 0) is 6.54 Å². The molecule has 0 aliphatic carbocycles. The second kappa shape index (κ2) is 5.06. The van der Waals surface area contributed by atoms with Gasteiger partial charge in [0.25, 0.3) is 0 Å². The summed E-state index contributed by atoms with van der Waals surface area (Å²) in [6.07, 6.45) is 3.63. The first-order valence-electron chi connectivity index (χ1n) is 5.35. The van der Waals surface area contributed by atoms with E-state index >= 15 is 0 Å². The molecule has 3 nitrogen and oxygen atoms in total. The highest BCUT2D eigenvalue weighted by Crippen LogP contribution is 2.23. The SMILES string of the molecule is Cc1ccncc1CNc1cc(Cl)ccc1N. The van der Waals surface area contributed by atoms with Gasteiger partial charge in [0.1, 0.15) is 0 Å². The number of nitrogens with zero attached hydrogens (tertiary/aromatic N) is 1. The highest BCUT2D eigenvalue weighted by molar-refractivity contribution is 6.31. The molecule has 1 aromatic heterocycles. The van der Waals surface area contributed by atoms with Gasteiger partial charge in [0.05, 0.1) is 11.4 Å². The Morgan fingerprint density at radius 3 is 2.94 bits per heavy atom. The molecule has 0 fully saturated rings. The number of pyridine rings is 1. The summed E-state index contributed by atoms with van der Waals surface area (Å²) in [5, 5.41) is 3.93. The van der Waals surface area contributed by atoms with E-state index in [-0.39, 0.29) is 0 Å². The van der Waals surface area contributed by atoms with E-state index in [9.17, 15) is 0 Å². The largest absolute Gasteiger partial charge is 0.397 e. The van der Waals surface area contributed by atoms with Crippen molar-refractivity contribution in [2.75, 3.05) is 11.1 Å². The normalized spacial score (nSPS) is 10.2. The van der Waals surface area contributed by atoms with Crippen LogP contribution in [0.1, 0.15) is 11.1 Å². The summed E-state index contributed by atoms with van der Waals surface area (Å²) in [4.78, 5) is 4.10. The number of aromatic nitrogens is 1. The predicted octanol–water partition coefficient (Wildman–Crippen LogP) is 3.24. The lowest BCUT2D eigenvalue weighted by Crippen LogP contribution is -2.04. The summed E-state index contributed by atoms with van der Waals surface area (Å²) in [5.74, 6) is 0. The second-order valence-corrected chi connectivity index (χ2v) is 4.32. The van der Waals surface area contributed by atoms with Gasteiger partial charge < -0.3 is 11.1 Å². The van der Waals surface area contributed by atoms with Crippen LogP contribution in [0.25, 0.3) is 0 Å². The van der Waals surface area contributed by atoms with Gasteiger partial charge in [-0.2, -0.15) is 0 Å².